The first-order valence-electron chi connectivity index (χ1n) is 8.30. The molecule has 0 N–H and O–H groups in total. The second-order valence-electron chi connectivity index (χ2n) is 6.59. The number of halogens is 1. The quantitative estimate of drug-likeness (QED) is 0.776. The van der Waals surface area contributed by atoms with Gasteiger partial charge < -0.3 is 9.64 Å². The predicted octanol–water partition coefficient (Wildman–Crippen LogP) is 0.958. The lowest BCUT2D eigenvalue weighted by molar-refractivity contribution is -0.0363. The summed E-state index contributed by atoms with van der Waals surface area (Å²) in [6.07, 6.45) is -0.493. The van der Waals surface area contributed by atoms with Crippen LogP contribution in [0.5, 0.6) is 0 Å². The number of hydrogen-bond donors (Lipinski definition) is 0. The molecular formula is C17H18FN3O4S. The Labute approximate surface area is 150 Å². The van der Waals surface area contributed by atoms with E-state index in [9.17, 15) is 17.6 Å². The Morgan fingerprint density at radius 3 is 2.85 bits per heavy atom. The molecule has 0 spiro atoms. The Morgan fingerprint density at radius 1 is 1.31 bits per heavy atom. The number of aryl methyl sites for hydroxylation is 1. The van der Waals surface area contributed by atoms with E-state index in [2.05, 4.69) is 5.10 Å². The zero-order chi connectivity index (χ0) is 18.5. The van der Waals surface area contributed by atoms with Gasteiger partial charge in [-0.05, 0) is 25.1 Å². The van der Waals surface area contributed by atoms with Crippen LogP contribution in [0.4, 0.5) is 4.39 Å². The van der Waals surface area contributed by atoms with Gasteiger partial charge in [0.25, 0.3) is 5.91 Å². The lowest BCUT2D eigenvalue weighted by Gasteiger charge is -2.36. The van der Waals surface area contributed by atoms with Crippen molar-refractivity contribution < 1.29 is 22.3 Å². The second kappa shape index (κ2) is 6.17. The molecule has 26 heavy (non-hydrogen) atoms. The number of aromatic nitrogens is 2. The number of amides is 1. The molecule has 2 aromatic rings. The molecule has 0 radical (unpaired) electrons. The minimum absolute atomic E-state index is 0.0653. The highest BCUT2D eigenvalue weighted by atomic mass is 32.2. The predicted molar refractivity (Wildman–Crippen MR) is 91.5 cm³/mol. The van der Waals surface area contributed by atoms with Gasteiger partial charge in [-0.3, -0.25) is 4.79 Å². The highest BCUT2D eigenvalue weighted by Crippen LogP contribution is 2.26. The molecule has 7 nitrogen and oxygen atoms in total. The molecule has 0 aliphatic carbocycles. The molecule has 2 aliphatic heterocycles. The monoisotopic (exact) mass is 379 g/mol. The first-order chi connectivity index (χ1) is 12.4. The van der Waals surface area contributed by atoms with E-state index in [-0.39, 0.29) is 35.4 Å². The van der Waals surface area contributed by atoms with Gasteiger partial charge in [-0.1, -0.05) is 12.1 Å². The van der Waals surface area contributed by atoms with Crippen molar-refractivity contribution in [1.29, 1.82) is 0 Å². The molecule has 2 atom stereocenters. The lowest BCUT2D eigenvalue weighted by atomic mass is 10.1. The molecule has 0 saturated carbocycles. The van der Waals surface area contributed by atoms with Crippen molar-refractivity contribution in [3.8, 4) is 5.69 Å². The van der Waals surface area contributed by atoms with E-state index in [1.807, 2.05) is 0 Å². The zero-order valence-electron chi connectivity index (χ0n) is 14.1. The Bertz CT molecular complexity index is 972. The van der Waals surface area contributed by atoms with Crippen molar-refractivity contribution in [2.45, 2.75) is 19.1 Å². The third kappa shape index (κ3) is 2.90. The van der Waals surface area contributed by atoms with Gasteiger partial charge in [-0.2, -0.15) is 5.10 Å². The minimum Gasteiger partial charge on any atom is -0.373 e. The second-order valence-corrected chi connectivity index (χ2v) is 8.74. The van der Waals surface area contributed by atoms with Crippen LogP contribution >= 0.6 is 0 Å². The number of sulfone groups is 1. The molecule has 2 unspecified atom stereocenters. The Kier molecular flexibility index (Phi) is 4.07. The van der Waals surface area contributed by atoms with E-state index in [0.717, 1.165) is 0 Å². The minimum atomic E-state index is -3.22. The summed E-state index contributed by atoms with van der Waals surface area (Å²) in [6.45, 7) is 2.33. The largest absolute Gasteiger partial charge is 0.373 e. The van der Waals surface area contributed by atoms with Gasteiger partial charge in [0.05, 0.1) is 30.3 Å². The lowest BCUT2D eigenvalue weighted by Crippen LogP contribution is -2.53. The number of carbonyl (C=O) groups excluding carboxylic acids is 1. The van der Waals surface area contributed by atoms with Crippen molar-refractivity contribution in [3.05, 3.63) is 47.5 Å². The summed E-state index contributed by atoms with van der Waals surface area (Å²) in [5, 5.41) is 4.26. The van der Waals surface area contributed by atoms with Gasteiger partial charge >= 0.3 is 0 Å². The van der Waals surface area contributed by atoms with Crippen LogP contribution in [0.1, 0.15) is 16.2 Å². The van der Waals surface area contributed by atoms with Crippen molar-refractivity contribution in [2.75, 3.05) is 24.7 Å². The molecule has 1 aromatic carbocycles. The van der Waals surface area contributed by atoms with Crippen LogP contribution in [0.15, 0.2) is 30.3 Å². The van der Waals surface area contributed by atoms with Crippen LogP contribution in [0, 0.1) is 12.7 Å². The summed E-state index contributed by atoms with van der Waals surface area (Å²) in [6, 6.07) is 7.27. The topological polar surface area (TPSA) is 81.5 Å². The Morgan fingerprint density at radius 2 is 2.08 bits per heavy atom. The smallest absolute Gasteiger partial charge is 0.274 e. The van der Waals surface area contributed by atoms with E-state index in [0.29, 0.717) is 12.2 Å². The SMILES string of the molecule is Cc1cc(C(=O)N2CCOC3CS(=O)(=O)CC32)nn1-c1ccccc1F. The van der Waals surface area contributed by atoms with Crippen LogP contribution in [-0.2, 0) is 14.6 Å². The van der Waals surface area contributed by atoms with E-state index in [4.69, 9.17) is 4.74 Å². The molecule has 2 fully saturated rings. The third-order valence-electron chi connectivity index (χ3n) is 4.78. The first-order valence-corrected chi connectivity index (χ1v) is 10.1. The number of hydrogen-bond acceptors (Lipinski definition) is 5. The zero-order valence-corrected chi connectivity index (χ0v) is 14.9. The average molecular weight is 379 g/mol. The summed E-state index contributed by atoms with van der Waals surface area (Å²) in [5.74, 6) is -0.967. The number of ether oxygens (including phenoxy) is 1. The standard InChI is InChI=1S/C17H18FN3O4S/c1-11-8-13(19-21(11)14-5-3-2-4-12(14)18)17(22)20-6-7-25-16-10-26(23,24)9-15(16)20/h2-5,8,15-16H,6-7,9-10H2,1H3. The van der Waals surface area contributed by atoms with Crippen LogP contribution in [0.2, 0.25) is 0 Å². The van der Waals surface area contributed by atoms with Crippen molar-refractivity contribution in [1.82, 2.24) is 14.7 Å². The van der Waals surface area contributed by atoms with Crippen molar-refractivity contribution in [2.24, 2.45) is 0 Å². The fraction of sp³-hybridized carbons (Fsp3) is 0.412. The Balaban J connectivity index is 1.65. The summed E-state index contributed by atoms with van der Waals surface area (Å²) in [5.41, 5.74) is 1.03. The number of morpholine rings is 1. The van der Waals surface area contributed by atoms with E-state index >= 15 is 0 Å². The Hall–Kier alpha value is -2.26. The average Bonchev–Trinajstić information content (AvgIpc) is 3.12. The summed E-state index contributed by atoms with van der Waals surface area (Å²) < 4.78 is 44.7. The molecule has 1 aromatic heterocycles. The number of carbonyl (C=O) groups is 1. The molecule has 4 rings (SSSR count). The molecule has 9 heteroatoms. The summed E-state index contributed by atoms with van der Waals surface area (Å²) >= 11 is 0. The van der Waals surface area contributed by atoms with Crippen molar-refractivity contribution in [3.63, 3.8) is 0 Å². The fourth-order valence-electron chi connectivity index (χ4n) is 3.56. The molecule has 3 heterocycles. The van der Waals surface area contributed by atoms with Gasteiger partial charge in [-0.15, -0.1) is 0 Å². The van der Waals surface area contributed by atoms with Crippen LogP contribution < -0.4 is 0 Å². The van der Waals surface area contributed by atoms with Crippen LogP contribution in [0.25, 0.3) is 5.69 Å². The number of nitrogens with zero attached hydrogens (tertiary/aromatic N) is 3. The number of rotatable bonds is 2. The van der Waals surface area contributed by atoms with Gasteiger partial charge in [0, 0.05) is 12.2 Å². The molecule has 0 bridgehead atoms. The molecule has 138 valence electrons. The maximum atomic E-state index is 14.0. The molecule has 2 aliphatic rings. The van der Waals surface area contributed by atoms with E-state index < -0.39 is 27.8 Å². The van der Waals surface area contributed by atoms with E-state index in [1.54, 1.807) is 31.2 Å². The summed E-state index contributed by atoms with van der Waals surface area (Å²) in [7, 11) is -3.22. The first kappa shape index (κ1) is 17.2. The van der Waals surface area contributed by atoms with Gasteiger partial charge in [0.15, 0.2) is 15.5 Å². The highest BCUT2D eigenvalue weighted by Gasteiger charge is 2.46. The maximum absolute atomic E-state index is 14.0. The molecular weight excluding hydrogens is 361 g/mol. The van der Waals surface area contributed by atoms with Gasteiger partial charge in [-0.25, -0.2) is 17.5 Å². The third-order valence-corrected chi connectivity index (χ3v) is 6.47. The van der Waals surface area contributed by atoms with E-state index in [1.165, 1.54) is 15.6 Å². The highest BCUT2D eigenvalue weighted by molar-refractivity contribution is 7.91. The maximum Gasteiger partial charge on any atom is 0.274 e. The number of para-hydroxylation sites is 1. The van der Waals surface area contributed by atoms with Gasteiger partial charge in [0.1, 0.15) is 11.5 Å². The molecule has 2 saturated heterocycles. The van der Waals surface area contributed by atoms with Crippen LogP contribution in [0.3, 0.4) is 0 Å². The number of fused-ring (bicyclic) bond motifs is 1. The van der Waals surface area contributed by atoms with Gasteiger partial charge in [0.2, 0.25) is 0 Å². The number of benzene rings is 1. The fourth-order valence-corrected chi connectivity index (χ4v) is 5.43. The molecule has 1 amide bonds. The van der Waals surface area contributed by atoms with Crippen molar-refractivity contribution >= 4 is 15.7 Å². The normalized spacial score (nSPS) is 24.5. The van der Waals surface area contributed by atoms with Crippen LogP contribution in [-0.4, -0.2) is 65.8 Å². The summed E-state index contributed by atoms with van der Waals surface area (Å²) in [4.78, 5) is 14.5.